The largest absolute Gasteiger partial charge is 0.298 e. The number of likely N-dealkylation sites (tertiary alicyclic amines) is 4. The Kier molecular flexibility index (Phi) is 60.1. The summed E-state index contributed by atoms with van der Waals surface area (Å²) in [7, 11) is 6.69. The Hall–Kier alpha value is -2.66. The fourth-order valence-electron chi connectivity index (χ4n) is 18.2. The third-order valence-corrected chi connectivity index (χ3v) is 29.0. The highest BCUT2D eigenvalue weighted by Crippen LogP contribution is 2.49. The number of nitrogens with zero attached hydrogens (tertiary/aromatic N) is 8. The maximum absolute atomic E-state index is 2.68. The van der Waals surface area contributed by atoms with E-state index >= 15 is 0 Å². The minimum Gasteiger partial charge on any atom is -0.298 e. The van der Waals surface area contributed by atoms with Crippen LogP contribution in [0.25, 0.3) is 0 Å². The van der Waals surface area contributed by atoms with Crippen molar-refractivity contribution in [2.45, 2.75) is 588 Å². The summed E-state index contributed by atoms with van der Waals surface area (Å²) in [6.45, 7) is 170. The quantitative estimate of drug-likeness (QED) is 0.241. The summed E-state index contributed by atoms with van der Waals surface area (Å²) in [4.78, 5) is 20.4. The van der Waals surface area contributed by atoms with Gasteiger partial charge in [0.15, 0.2) is 0 Å². The number of fused-ring (bicyclic) bond motifs is 1. The molecule has 804 valence electrons. The van der Waals surface area contributed by atoms with Gasteiger partial charge in [0.1, 0.15) is 0 Å². The van der Waals surface area contributed by atoms with Gasteiger partial charge in [-0.15, -0.1) is 0 Å². The van der Waals surface area contributed by atoms with Crippen LogP contribution >= 0.6 is 0 Å². The molecule has 0 aliphatic carbocycles. The first-order valence-electron chi connectivity index (χ1n) is 55.0. The Balaban J connectivity index is -0.000000360. The second-order valence-electron chi connectivity index (χ2n) is 56.7. The third-order valence-electron chi connectivity index (χ3n) is 29.0. The third kappa shape index (κ3) is 47.8. The van der Waals surface area contributed by atoms with Crippen LogP contribution in [0.2, 0.25) is 0 Å². The van der Waals surface area contributed by atoms with Crippen LogP contribution in [0.1, 0.15) is 537 Å². The van der Waals surface area contributed by atoms with E-state index in [1.807, 2.05) is 83.1 Å². The molecule has 0 radical (unpaired) electrons. The first-order valence-corrected chi connectivity index (χ1v) is 55.0. The van der Waals surface area contributed by atoms with Gasteiger partial charge < -0.3 is 0 Å². The van der Waals surface area contributed by atoms with E-state index in [9.17, 15) is 0 Å². The zero-order chi connectivity index (χ0) is 108. The molecule has 3 aromatic rings. The second-order valence-corrected chi connectivity index (χ2v) is 56.7. The summed E-state index contributed by atoms with van der Waals surface area (Å²) < 4.78 is 0. The highest BCUT2D eigenvalue weighted by Gasteiger charge is 2.48. The van der Waals surface area contributed by atoms with E-state index in [0.717, 1.165) is 80.1 Å². The van der Waals surface area contributed by atoms with Crippen molar-refractivity contribution in [3.8, 4) is 0 Å². The van der Waals surface area contributed by atoms with E-state index < -0.39 is 0 Å². The summed E-state index contributed by atoms with van der Waals surface area (Å²) in [6, 6.07) is 12.1. The van der Waals surface area contributed by atoms with E-state index in [0.29, 0.717) is 33.0 Å². The van der Waals surface area contributed by atoms with Crippen LogP contribution < -0.4 is 0 Å². The van der Waals surface area contributed by atoms with Crippen LogP contribution in [0.3, 0.4) is 0 Å². The van der Waals surface area contributed by atoms with Gasteiger partial charge in [-0.05, 0) is 364 Å². The van der Waals surface area contributed by atoms with E-state index in [4.69, 9.17) is 0 Å². The molecule has 4 fully saturated rings. The molecule has 5 aliphatic rings. The molecule has 5 heterocycles. The van der Waals surface area contributed by atoms with E-state index in [-0.39, 0.29) is 62.1 Å². The SMILES string of the molecule is C.CC.CC.CC.CC.CC.CC.CC(C)(C)C1CN(C(C)(C)C)CC1C(C)(C)C.CN(Cc1cc(C(C)(C)C)c(C(C)(C)C)cc1CN(C)C(C)(C)C)C(C)(C)C.CN(Cc1ccc(C(C)(C)C)c(C(C)(C)C)c1)C(C)(C)C.C[C@@H]1CN(C(C)(C)C)C[C@@H]1C.C[C@@H]1CN(C(C)(C)C)C[C@H]1C.C[C@H]1CN(C(C)(C)C)C[C@@H]1C.Cc1c2c(c(C)c(C(C)(C)C)c1C(C)(C)C)CN(C(C)(C)C)C2. The van der Waals surface area contributed by atoms with Gasteiger partial charge in [-0.1, -0.05) is 329 Å². The lowest BCUT2D eigenvalue weighted by Crippen LogP contribution is -2.40. The first kappa shape index (κ1) is 143. The lowest BCUT2D eigenvalue weighted by atomic mass is 9.66. The Morgan fingerprint density at radius 3 is 0.615 bits per heavy atom. The van der Waals surface area contributed by atoms with E-state index in [2.05, 4.69) is 478 Å². The van der Waals surface area contributed by atoms with Gasteiger partial charge in [0.05, 0.1) is 0 Å². The zero-order valence-corrected chi connectivity index (χ0v) is 106. The first-order chi connectivity index (χ1) is 59.7. The number of hydrogen-bond acceptors (Lipinski definition) is 8. The minimum absolute atomic E-state index is 0. The number of hydrogen-bond donors (Lipinski definition) is 0. The Bertz CT molecular complexity index is 3450. The molecule has 3 aromatic carbocycles. The van der Waals surface area contributed by atoms with E-state index in [1.165, 1.54) is 102 Å². The van der Waals surface area contributed by atoms with E-state index in [1.54, 1.807) is 22.3 Å². The van der Waals surface area contributed by atoms with Gasteiger partial charge in [0, 0.05) is 129 Å². The molecule has 0 N–H and O–H groups in total. The standard InChI is InChI=1S/C26H48N2.C22H37N.C20H35N.C16H33N.3C10H21N.6C2H6.CH4/c1-23(2,3)21-15-19(17-27(13)25(7,8)9)20(16-22(21)24(4,5)6)18-28(14)26(10,11)12;1-14-16-12-23(22(9,10)11)13-17(16)15(2)19(21(6,7)8)18(14)20(3,4)5;1-18(2,3)16-12-11-15(13-17(16)19(4,5)6)14-21(10)20(7,8)9;1-14(2,3)12-10-17(16(7,8)9)11-13(12)15(4,5)6;3*1-8-6-11(7-9(8)2)10(3,4)5;6*1-2;/h15-16H,17-18H2,1-14H3;12-13H2,1-11H3;11-13H,14H2,1-10H3;12-13H,10-11H2,1-9H3;3*8-9H,6-7H2,1-5H3;6*1-2H3;1H4/t;;;;8-,9+;2*8-,9-;;;;;;;/m.....10......./s1. The van der Waals surface area contributed by atoms with Gasteiger partial charge in [-0.3, -0.25) is 39.2 Å². The highest BCUT2D eigenvalue weighted by atomic mass is 15.2. The molecule has 0 saturated carbocycles. The predicted octanol–water partition coefficient (Wildman–Crippen LogP) is 36.6. The molecule has 2 unspecified atom stereocenters. The van der Waals surface area contributed by atoms with Crippen molar-refractivity contribution < 1.29 is 0 Å². The second kappa shape index (κ2) is 56.7. The van der Waals surface area contributed by atoms with Crippen LogP contribution in [0.5, 0.6) is 0 Å². The summed E-state index contributed by atoms with van der Waals surface area (Å²) >= 11 is 0. The molecule has 8 heteroatoms. The van der Waals surface area contributed by atoms with Crippen molar-refractivity contribution in [1.29, 1.82) is 0 Å². The van der Waals surface area contributed by atoms with Crippen molar-refractivity contribution >= 4 is 0 Å². The maximum Gasteiger partial charge on any atom is 0.0248 e. The normalized spacial score (nSPS) is 20.3. The number of rotatable bonds is 6. The molecular weight excluding hydrogens is 1640 g/mol. The van der Waals surface area contributed by atoms with Gasteiger partial charge in [-0.25, -0.2) is 0 Å². The van der Waals surface area contributed by atoms with Gasteiger partial charge >= 0.3 is 0 Å². The van der Waals surface area contributed by atoms with Crippen molar-refractivity contribution in [2.24, 2.45) is 58.2 Å². The molecule has 8 atom stereocenters. The van der Waals surface area contributed by atoms with Crippen LogP contribution in [-0.4, -0.2) is 157 Å². The molecule has 0 bridgehead atoms. The maximum atomic E-state index is 2.68. The molecule has 5 aliphatic heterocycles. The summed E-state index contributed by atoms with van der Waals surface area (Å²) in [5.41, 5.74) is 23.7. The van der Waals surface area contributed by atoms with Crippen molar-refractivity contribution in [1.82, 2.24) is 39.2 Å². The van der Waals surface area contributed by atoms with Crippen molar-refractivity contribution in [3.63, 3.8) is 0 Å². The van der Waals surface area contributed by atoms with Crippen LogP contribution in [0.15, 0.2) is 30.3 Å². The summed E-state index contributed by atoms with van der Waals surface area (Å²) in [6.07, 6.45) is 0. The molecule has 8 nitrogen and oxygen atoms in total. The van der Waals surface area contributed by atoms with Gasteiger partial charge in [0.2, 0.25) is 0 Å². The average molecular weight is 1900 g/mol. The average Bonchev–Trinajstić information content (AvgIpc) is 1.55. The molecule has 135 heavy (non-hydrogen) atoms. The Morgan fingerprint density at radius 1 is 0.252 bits per heavy atom. The van der Waals surface area contributed by atoms with Crippen LogP contribution in [0.4, 0.5) is 0 Å². The molecule has 8 rings (SSSR count). The summed E-state index contributed by atoms with van der Waals surface area (Å²) in [5, 5.41) is 0. The fourth-order valence-corrected chi connectivity index (χ4v) is 18.2. The predicted molar refractivity (Wildman–Crippen MR) is 625 cm³/mol. The smallest absolute Gasteiger partial charge is 0.0248 e. The fraction of sp³-hybridized carbons (Fsp3) is 0.858. The monoisotopic (exact) mass is 1890 g/mol. The van der Waals surface area contributed by atoms with Gasteiger partial charge in [0.25, 0.3) is 0 Å². The Morgan fingerprint density at radius 2 is 0.444 bits per heavy atom. The van der Waals surface area contributed by atoms with Crippen molar-refractivity contribution in [3.05, 3.63) is 103 Å². The molecular formula is C127H256N8. The Labute approximate surface area is 855 Å². The molecule has 0 amide bonds. The molecule has 0 aromatic heterocycles. The van der Waals surface area contributed by atoms with Crippen LogP contribution in [-0.2, 0) is 65.2 Å². The zero-order valence-electron chi connectivity index (χ0n) is 106. The molecule has 0 spiro atoms. The van der Waals surface area contributed by atoms with Crippen molar-refractivity contribution in [2.75, 3.05) is 73.5 Å². The molecule has 4 saturated heterocycles. The summed E-state index contributed by atoms with van der Waals surface area (Å²) in [5.74, 6) is 6.92. The lowest BCUT2D eigenvalue weighted by molar-refractivity contribution is 0.115. The van der Waals surface area contributed by atoms with Crippen LogP contribution in [0, 0.1) is 72.0 Å². The highest BCUT2D eigenvalue weighted by molar-refractivity contribution is 5.57. The topological polar surface area (TPSA) is 25.9 Å². The van der Waals surface area contributed by atoms with Gasteiger partial charge in [-0.2, -0.15) is 0 Å². The number of benzene rings is 3. The minimum atomic E-state index is 0. The lowest BCUT2D eigenvalue weighted by Gasteiger charge is -2.38.